The number of halogens is 2. The summed E-state index contributed by atoms with van der Waals surface area (Å²) in [5, 5.41) is 3.78. The Morgan fingerprint density at radius 2 is 1.66 bits per heavy atom. The lowest BCUT2D eigenvalue weighted by Gasteiger charge is -2.31. The monoisotopic (exact) mass is 434 g/mol. The first kappa shape index (κ1) is 23.2. The van der Waals surface area contributed by atoms with E-state index in [1.807, 2.05) is 45.0 Å². The predicted octanol–water partition coefficient (Wildman–Crippen LogP) is 5.18. The van der Waals surface area contributed by atoms with Gasteiger partial charge in [-0.1, -0.05) is 72.9 Å². The van der Waals surface area contributed by atoms with E-state index in [1.54, 1.807) is 23.1 Å². The number of nitrogens with one attached hydrogen (secondary N) is 1. The van der Waals surface area contributed by atoms with E-state index in [0.717, 1.165) is 23.1 Å². The maximum Gasteiger partial charge on any atom is 0.242 e. The first-order valence-corrected chi connectivity index (χ1v) is 10.7. The van der Waals surface area contributed by atoms with Crippen LogP contribution in [0.2, 0.25) is 10.0 Å². The molecule has 1 atom stereocenters. The van der Waals surface area contributed by atoms with Gasteiger partial charge in [0.05, 0.1) is 16.5 Å². The van der Waals surface area contributed by atoms with Crippen LogP contribution in [0.4, 0.5) is 0 Å². The Morgan fingerprint density at radius 1 is 1.00 bits per heavy atom. The van der Waals surface area contributed by atoms with E-state index in [2.05, 4.69) is 5.32 Å². The minimum atomic E-state index is -0.530. The Labute approximate surface area is 183 Å². The van der Waals surface area contributed by atoms with Crippen LogP contribution in [0.15, 0.2) is 42.5 Å². The van der Waals surface area contributed by atoms with Crippen LogP contribution in [0.3, 0.4) is 0 Å². The summed E-state index contributed by atoms with van der Waals surface area (Å²) >= 11 is 12.1. The minimum Gasteiger partial charge on any atom is -0.354 e. The Bertz CT molecular complexity index is 837. The molecule has 2 aromatic rings. The van der Waals surface area contributed by atoms with Gasteiger partial charge in [0.25, 0.3) is 0 Å². The van der Waals surface area contributed by atoms with Gasteiger partial charge in [-0.25, -0.2) is 0 Å². The standard InChI is InChI=1S/C23H28Cl2N2O2/c1-4-12-26-23(29)21(5-2)27(15-17-8-6-16(3)7-9-17)22(28)14-18-10-11-19(24)20(25)13-18/h6-11,13,21H,4-5,12,14-15H2,1-3H3,(H,26,29). The van der Waals surface area contributed by atoms with Crippen molar-refractivity contribution in [1.82, 2.24) is 10.2 Å². The molecule has 0 fully saturated rings. The molecule has 4 nitrogen and oxygen atoms in total. The Balaban J connectivity index is 2.27. The third-order valence-corrected chi connectivity index (χ3v) is 5.49. The fourth-order valence-corrected chi connectivity index (χ4v) is 3.42. The molecule has 6 heteroatoms. The van der Waals surface area contributed by atoms with Gasteiger partial charge in [0, 0.05) is 13.1 Å². The van der Waals surface area contributed by atoms with Crippen molar-refractivity contribution in [3.63, 3.8) is 0 Å². The van der Waals surface area contributed by atoms with Crippen LogP contribution in [0.1, 0.15) is 43.4 Å². The molecule has 0 aliphatic carbocycles. The third kappa shape index (κ3) is 6.76. The molecule has 0 aliphatic rings. The van der Waals surface area contributed by atoms with Crippen molar-refractivity contribution in [1.29, 1.82) is 0 Å². The molecule has 2 rings (SSSR count). The van der Waals surface area contributed by atoms with Crippen molar-refractivity contribution in [2.45, 2.75) is 52.6 Å². The van der Waals surface area contributed by atoms with Crippen molar-refractivity contribution in [2.24, 2.45) is 0 Å². The van der Waals surface area contributed by atoms with Gasteiger partial charge in [-0.2, -0.15) is 0 Å². The van der Waals surface area contributed by atoms with E-state index >= 15 is 0 Å². The van der Waals surface area contributed by atoms with Crippen molar-refractivity contribution in [3.8, 4) is 0 Å². The SMILES string of the molecule is CCCNC(=O)C(CC)N(Cc1ccc(C)cc1)C(=O)Cc1ccc(Cl)c(Cl)c1. The maximum absolute atomic E-state index is 13.2. The van der Waals surface area contributed by atoms with E-state index in [-0.39, 0.29) is 18.2 Å². The van der Waals surface area contributed by atoms with Crippen molar-refractivity contribution < 1.29 is 9.59 Å². The average Bonchev–Trinajstić information content (AvgIpc) is 2.70. The van der Waals surface area contributed by atoms with Gasteiger partial charge in [-0.05, 0) is 43.0 Å². The average molecular weight is 435 g/mol. The lowest BCUT2D eigenvalue weighted by molar-refractivity contribution is -0.140. The van der Waals surface area contributed by atoms with E-state index in [9.17, 15) is 9.59 Å². The lowest BCUT2D eigenvalue weighted by atomic mass is 10.1. The molecule has 0 aliphatic heterocycles. The number of hydrogen-bond donors (Lipinski definition) is 1. The van der Waals surface area contributed by atoms with Gasteiger partial charge < -0.3 is 10.2 Å². The van der Waals surface area contributed by atoms with Crippen LogP contribution >= 0.6 is 23.2 Å². The predicted molar refractivity (Wildman–Crippen MR) is 119 cm³/mol. The van der Waals surface area contributed by atoms with Crippen LogP contribution in [0, 0.1) is 6.92 Å². The highest BCUT2D eigenvalue weighted by Gasteiger charge is 2.28. The van der Waals surface area contributed by atoms with E-state index in [1.165, 1.54) is 0 Å². The van der Waals surface area contributed by atoms with Crippen LogP contribution in [-0.4, -0.2) is 29.3 Å². The maximum atomic E-state index is 13.2. The van der Waals surface area contributed by atoms with Gasteiger partial charge >= 0.3 is 0 Å². The molecule has 1 unspecified atom stereocenters. The molecule has 0 heterocycles. The Hall–Kier alpha value is -2.04. The number of rotatable bonds is 9. The van der Waals surface area contributed by atoms with Gasteiger partial charge in [0.15, 0.2) is 0 Å². The summed E-state index contributed by atoms with van der Waals surface area (Å²) in [4.78, 5) is 27.6. The molecule has 1 N–H and O–H groups in total. The number of carbonyl (C=O) groups excluding carboxylic acids is 2. The zero-order valence-electron chi connectivity index (χ0n) is 17.2. The molecule has 0 spiro atoms. The summed E-state index contributed by atoms with van der Waals surface area (Å²) < 4.78 is 0. The normalized spacial score (nSPS) is 11.8. The number of aryl methyl sites for hydroxylation is 1. The zero-order chi connectivity index (χ0) is 21.4. The smallest absolute Gasteiger partial charge is 0.242 e. The fourth-order valence-electron chi connectivity index (χ4n) is 3.10. The van der Waals surface area contributed by atoms with Crippen LogP contribution < -0.4 is 5.32 Å². The first-order valence-electron chi connectivity index (χ1n) is 9.92. The molecular formula is C23H28Cl2N2O2. The van der Waals surface area contributed by atoms with E-state index in [0.29, 0.717) is 29.6 Å². The van der Waals surface area contributed by atoms with Gasteiger partial charge in [0.2, 0.25) is 11.8 Å². The molecule has 0 radical (unpaired) electrons. The summed E-state index contributed by atoms with van der Waals surface area (Å²) in [6.45, 7) is 6.91. The second-order valence-electron chi connectivity index (χ2n) is 7.15. The molecular weight excluding hydrogens is 407 g/mol. The number of hydrogen-bond acceptors (Lipinski definition) is 2. The highest BCUT2D eigenvalue weighted by atomic mass is 35.5. The van der Waals surface area contributed by atoms with Crippen molar-refractivity contribution in [3.05, 3.63) is 69.2 Å². The molecule has 0 saturated carbocycles. The van der Waals surface area contributed by atoms with Crippen LogP contribution in [0.25, 0.3) is 0 Å². The molecule has 0 bridgehead atoms. The van der Waals surface area contributed by atoms with Gasteiger partial charge in [0.1, 0.15) is 6.04 Å². The second kappa shape index (κ2) is 11.2. The molecule has 29 heavy (non-hydrogen) atoms. The molecule has 0 saturated heterocycles. The van der Waals surface area contributed by atoms with E-state index in [4.69, 9.17) is 23.2 Å². The van der Waals surface area contributed by atoms with Crippen LogP contribution in [-0.2, 0) is 22.6 Å². The van der Waals surface area contributed by atoms with Crippen LogP contribution in [0.5, 0.6) is 0 Å². The summed E-state index contributed by atoms with van der Waals surface area (Å²) in [7, 11) is 0. The highest BCUT2D eigenvalue weighted by molar-refractivity contribution is 6.42. The summed E-state index contributed by atoms with van der Waals surface area (Å²) in [6, 6.07) is 12.6. The minimum absolute atomic E-state index is 0.121. The third-order valence-electron chi connectivity index (χ3n) is 4.75. The molecule has 2 aromatic carbocycles. The van der Waals surface area contributed by atoms with Crippen molar-refractivity contribution >= 4 is 35.0 Å². The van der Waals surface area contributed by atoms with Gasteiger partial charge in [-0.3, -0.25) is 9.59 Å². The van der Waals surface area contributed by atoms with Gasteiger partial charge in [-0.15, -0.1) is 0 Å². The Morgan fingerprint density at radius 3 is 2.24 bits per heavy atom. The Kier molecular flexibility index (Phi) is 8.99. The lowest BCUT2D eigenvalue weighted by Crippen LogP contribution is -2.49. The highest BCUT2D eigenvalue weighted by Crippen LogP contribution is 2.23. The quantitative estimate of drug-likeness (QED) is 0.590. The summed E-state index contributed by atoms with van der Waals surface area (Å²) in [6.07, 6.45) is 1.53. The number of benzene rings is 2. The number of amides is 2. The number of nitrogens with zero attached hydrogens (tertiary/aromatic N) is 1. The second-order valence-corrected chi connectivity index (χ2v) is 7.96. The molecule has 2 amide bonds. The molecule has 156 valence electrons. The summed E-state index contributed by atoms with van der Waals surface area (Å²) in [5.74, 6) is -0.244. The topological polar surface area (TPSA) is 49.4 Å². The summed E-state index contributed by atoms with van der Waals surface area (Å²) in [5.41, 5.74) is 2.90. The zero-order valence-corrected chi connectivity index (χ0v) is 18.7. The van der Waals surface area contributed by atoms with Crippen molar-refractivity contribution in [2.75, 3.05) is 6.54 Å². The molecule has 0 aromatic heterocycles. The number of carbonyl (C=O) groups is 2. The fraction of sp³-hybridized carbons (Fsp3) is 0.391. The first-order chi connectivity index (χ1) is 13.8. The largest absolute Gasteiger partial charge is 0.354 e. The van der Waals surface area contributed by atoms with E-state index < -0.39 is 6.04 Å².